The zero-order chi connectivity index (χ0) is 9.40. The molecule has 0 aliphatic rings. The molecule has 0 radical (unpaired) electrons. The number of aliphatic hydroxyl groups is 1. The maximum Gasteiger partial charge on any atom is 0.203 e. The number of aliphatic hydroxyl groups excluding tert-OH is 1. The molecule has 0 amide bonds. The molecule has 0 unspecified atom stereocenters. The van der Waals surface area contributed by atoms with Crippen LogP contribution in [0.25, 0.3) is 0 Å². The Balaban J connectivity index is 3.61. The minimum atomic E-state index is -0.340. The van der Waals surface area contributed by atoms with E-state index in [1.807, 2.05) is 0 Å². The van der Waals surface area contributed by atoms with E-state index in [0.717, 1.165) is 0 Å². The molecule has 0 rings (SSSR count). The predicted octanol–water partition coefficient (Wildman–Crippen LogP) is -2.36. The van der Waals surface area contributed by atoms with Crippen molar-refractivity contribution in [3.63, 3.8) is 0 Å². The lowest BCUT2D eigenvalue weighted by atomic mass is 10.3. The Kier molecular flexibility index (Phi) is 5.98. The number of guanidine groups is 1. The Morgan fingerprint density at radius 2 is 2.33 bits per heavy atom. The average Bonchev–Trinajstić information content (AvgIpc) is 2.11. The molecule has 0 heterocycles. The fourth-order valence-electron chi connectivity index (χ4n) is 0.493. The molecule has 0 spiro atoms. The fraction of sp³-hybridized carbons (Fsp3) is 0.500. The third-order valence-electron chi connectivity index (χ3n) is 1.11. The summed E-state index contributed by atoms with van der Waals surface area (Å²) in [4.78, 5) is 3.78. The van der Waals surface area contributed by atoms with Crippen molar-refractivity contribution >= 4 is 5.96 Å². The Hall–Kier alpha value is -1.11. The molecule has 0 aromatic rings. The first-order valence-corrected chi connectivity index (χ1v) is 3.50. The van der Waals surface area contributed by atoms with Crippen molar-refractivity contribution in [1.29, 1.82) is 0 Å². The number of hydrazine groups is 1. The van der Waals surface area contributed by atoms with Gasteiger partial charge in [0.05, 0.1) is 13.2 Å². The number of nitrogens with one attached hydrogen (secondary N) is 1. The van der Waals surface area contributed by atoms with Gasteiger partial charge in [-0.25, -0.2) is 10.8 Å². The van der Waals surface area contributed by atoms with Gasteiger partial charge in [-0.3, -0.25) is 5.43 Å². The minimum Gasteiger partial charge on any atom is -0.394 e. The van der Waals surface area contributed by atoms with Crippen LogP contribution in [0.2, 0.25) is 0 Å². The highest BCUT2D eigenvalue weighted by atomic mass is 16.3. The van der Waals surface area contributed by atoms with E-state index in [-0.39, 0.29) is 18.6 Å². The third-order valence-corrected chi connectivity index (χ3v) is 1.11. The van der Waals surface area contributed by atoms with E-state index in [1.54, 1.807) is 12.2 Å². The molecular formula is C6H15N5O. The summed E-state index contributed by atoms with van der Waals surface area (Å²) in [5.41, 5.74) is 12.8. The van der Waals surface area contributed by atoms with Crippen molar-refractivity contribution < 1.29 is 5.11 Å². The normalized spacial score (nSPS) is 15.1. The van der Waals surface area contributed by atoms with Gasteiger partial charge in [0.25, 0.3) is 0 Å². The summed E-state index contributed by atoms with van der Waals surface area (Å²) in [5.74, 6) is 5.11. The van der Waals surface area contributed by atoms with Gasteiger partial charge in [-0.2, -0.15) is 0 Å². The molecule has 6 nitrogen and oxygen atoms in total. The molecule has 12 heavy (non-hydrogen) atoms. The lowest BCUT2D eigenvalue weighted by Gasteiger charge is -1.98. The van der Waals surface area contributed by atoms with E-state index in [2.05, 4.69) is 10.4 Å². The average molecular weight is 173 g/mol. The van der Waals surface area contributed by atoms with Crippen LogP contribution in [0.15, 0.2) is 17.1 Å². The summed E-state index contributed by atoms with van der Waals surface area (Å²) < 4.78 is 0. The first kappa shape index (κ1) is 10.9. The Labute approximate surface area is 71.1 Å². The molecule has 0 aromatic heterocycles. The molecule has 0 saturated heterocycles. The maximum atomic E-state index is 8.52. The second-order valence-electron chi connectivity index (χ2n) is 2.14. The molecule has 8 N–H and O–H groups in total. The van der Waals surface area contributed by atoms with E-state index in [0.29, 0.717) is 6.54 Å². The molecule has 70 valence electrons. The smallest absolute Gasteiger partial charge is 0.203 e. The fourth-order valence-corrected chi connectivity index (χ4v) is 0.493. The monoisotopic (exact) mass is 173 g/mol. The highest BCUT2D eigenvalue weighted by molar-refractivity contribution is 5.77. The molecule has 0 aromatic carbocycles. The van der Waals surface area contributed by atoms with Crippen LogP contribution in [-0.4, -0.2) is 30.3 Å². The number of hydrogen-bond acceptors (Lipinski definition) is 4. The summed E-state index contributed by atoms with van der Waals surface area (Å²) in [5, 5.41) is 8.52. The van der Waals surface area contributed by atoms with Gasteiger partial charge >= 0.3 is 0 Å². The second-order valence-corrected chi connectivity index (χ2v) is 2.14. The Morgan fingerprint density at radius 3 is 2.83 bits per heavy atom. The van der Waals surface area contributed by atoms with Gasteiger partial charge in [-0.15, -0.1) is 0 Å². The van der Waals surface area contributed by atoms with Gasteiger partial charge in [0.2, 0.25) is 5.96 Å². The SMILES string of the molecule is NNC(N)=NC/C=C\[C@H](N)CO. The van der Waals surface area contributed by atoms with E-state index >= 15 is 0 Å². The lowest BCUT2D eigenvalue weighted by molar-refractivity contribution is 0.284. The van der Waals surface area contributed by atoms with Gasteiger partial charge in [0.1, 0.15) is 0 Å². The van der Waals surface area contributed by atoms with Gasteiger partial charge in [0, 0.05) is 6.04 Å². The van der Waals surface area contributed by atoms with E-state index in [4.69, 9.17) is 22.4 Å². The largest absolute Gasteiger partial charge is 0.394 e. The Bertz CT molecular complexity index is 167. The highest BCUT2D eigenvalue weighted by Gasteiger charge is 1.90. The molecule has 1 atom stereocenters. The maximum absolute atomic E-state index is 8.52. The number of hydrogen-bond donors (Lipinski definition) is 5. The van der Waals surface area contributed by atoms with Crippen LogP contribution >= 0.6 is 0 Å². The molecule has 0 saturated carbocycles. The van der Waals surface area contributed by atoms with Crippen LogP contribution in [0.5, 0.6) is 0 Å². The summed E-state index contributed by atoms with van der Waals surface area (Å²) in [6.45, 7) is 0.314. The van der Waals surface area contributed by atoms with E-state index in [1.165, 1.54) is 0 Å². The van der Waals surface area contributed by atoms with Crippen LogP contribution in [0, 0.1) is 0 Å². The van der Waals surface area contributed by atoms with Crippen LogP contribution in [0.1, 0.15) is 0 Å². The molecule has 6 heteroatoms. The first-order chi connectivity index (χ1) is 5.70. The Morgan fingerprint density at radius 1 is 1.67 bits per heavy atom. The highest BCUT2D eigenvalue weighted by Crippen LogP contribution is 1.80. The first-order valence-electron chi connectivity index (χ1n) is 3.50. The van der Waals surface area contributed by atoms with Crippen molar-refractivity contribution in [3.8, 4) is 0 Å². The predicted molar refractivity (Wildman–Crippen MR) is 48.0 cm³/mol. The van der Waals surface area contributed by atoms with Crippen LogP contribution in [0.4, 0.5) is 0 Å². The number of aliphatic imine (C=N–C) groups is 1. The van der Waals surface area contributed by atoms with Gasteiger partial charge in [-0.05, 0) is 0 Å². The summed E-state index contributed by atoms with van der Waals surface area (Å²) in [6, 6.07) is -0.340. The van der Waals surface area contributed by atoms with Crippen LogP contribution < -0.4 is 22.7 Å². The van der Waals surface area contributed by atoms with Crippen molar-refractivity contribution in [2.45, 2.75) is 6.04 Å². The summed E-state index contributed by atoms with van der Waals surface area (Å²) in [7, 11) is 0. The van der Waals surface area contributed by atoms with Crippen LogP contribution in [-0.2, 0) is 0 Å². The number of rotatable bonds is 4. The molecule has 0 aliphatic carbocycles. The van der Waals surface area contributed by atoms with Crippen molar-refractivity contribution in [2.75, 3.05) is 13.2 Å². The van der Waals surface area contributed by atoms with Gasteiger partial charge in [-0.1, -0.05) is 12.2 Å². The van der Waals surface area contributed by atoms with Gasteiger partial charge < -0.3 is 16.6 Å². The van der Waals surface area contributed by atoms with E-state index < -0.39 is 0 Å². The molecule has 0 fully saturated rings. The van der Waals surface area contributed by atoms with Crippen molar-refractivity contribution in [3.05, 3.63) is 12.2 Å². The zero-order valence-corrected chi connectivity index (χ0v) is 6.77. The zero-order valence-electron chi connectivity index (χ0n) is 6.77. The molecular weight excluding hydrogens is 158 g/mol. The summed E-state index contributed by atoms with van der Waals surface area (Å²) >= 11 is 0. The molecule has 0 bridgehead atoms. The minimum absolute atomic E-state index is 0.0785. The molecule has 0 aliphatic heterocycles. The number of nitrogens with two attached hydrogens (primary N) is 3. The van der Waals surface area contributed by atoms with Gasteiger partial charge in [0.15, 0.2) is 0 Å². The van der Waals surface area contributed by atoms with Crippen molar-refractivity contribution in [1.82, 2.24) is 5.43 Å². The lowest BCUT2D eigenvalue weighted by Crippen LogP contribution is -2.37. The third kappa shape index (κ3) is 5.66. The topological polar surface area (TPSA) is 123 Å². The van der Waals surface area contributed by atoms with E-state index in [9.17, 15) is 0 Å². The van der Waals surface area contributed by atoms with Crippen molar-refractivity contribution in [2.24, 2.45) is 22.3 Å². The van der Waals surface area contributed by atoms with Crippen LogP contribution in [0.3, 0.4) is 0 Å². The standard InChI is InChI=1S/C6H15N5O/c7-5(4-12)2-1-3-10-6(8)11-9/h1-2,5,12H,3-4,7,9H2,(H3,8,10,11)/b2-1-/t5-/m0/s1. The second kappa shape index (κ2) is 6.59. The number of nitrogens with zero attached hydrogens (tertiary/aromatic N) is 1. The summed E-state index contributed by atoms with van der Waals surface area (Å²) in [6.07, 6.45) is 3.35. The quantitative estimate of drug-likeness (QED) is 0.107.